The summed E-state index contributed by atoms with van der Waals surface area (Å²) in [6.45, 7) is 6.90. The first-order chi connectivity index (χ1) is 7.33. The van der Waals surface area contributed by atoms with E-state index in [1.807, 2.05) is 11.8 Å². The predicted molar refractivity (Wildman–Crippen MR) is 70.7 cm³/mol. The van der Waals surface area contributed by atoms with Crippen molar-refractivity contribution >= 4 is 11.8 Å². The first-order valence-corrected chi connectivity index (χ1v) is 7.53. The minimum atomic E-state index is 0.674. The molecule has 0 aromatic rings. The van der Waals surface area contributed by atoms with Gasteiger partial charge in [-0.05, 0) is 44.2 Å². The SMILES string of the molecule is CCSCCC(C)NCC1CCCCN1. The molecule has 15 heavy (non-hydrogen) atoms. The van der Waals surface area contributed by atoms with Crippen molar-refractivity contribution in [3.63, 3.8) is 0 Å². The van der Waals surface area contributed by atoms with E-state index in [0.717, 1.165) is 12.6 Å². The molecule has 1 aliphatic heterocycles. The van der Waals surface area contributed by atoms with E-state index in [1.165, 1.54) is 43.7 Å². The molecule has 1 saturated heterocycles. The maximum absolute atomic E-state index is 3.64. The van der Waals surface area contributed by atoms with E-state index in [9.17, 15) is 0 Å². The van der Waals surface area contributed by atoms with Crippen LogP contribution in [0.15, 0.2) is 0 Å². The summed E-state index contributed by atoms with van der Waals surface area (Å²) in [6.07, 6.45) is 5.41. The highest BCUT2D eigenvalue weighted by Gasteiger charge is 2.12. The van der Waals surface area contributed by atoms with Crippen LogP contribution in [0.5, 0.6) is 0 Å². The molecule has 0 aromatic carbocycles. The first kappa shape index (κ1) is 13.3. The van der Waals surface area contributed by atoms with Crippen LogP contribution in [0.25, 0.3) is 0 Å². The lowest BCUT2D eigenvalue weighted by atomic mass is 10.0. The lowest BCUT2D eigenvalue weighted by molar-refractivity contribution is 0.368. The second kappa shape index (κ2) is 8.43. The van der Waals surface area contributed by atoms with Crippen molar-refractivity contribution in [1.29, 1.82) is 0 Å². The number of nitrogens with one attached hydrogen (secondary N) is 2. The van der Waals surface area contributed by atoms with E-state index in [2.05, 4.69) is 24.5 Å². The van der Waals surface area contributed by atoms with E-state index in [1.54, 1.807) is 0 Å². The number of hydrogen-bond acceptors (Lipinski definition) is 3. The van der Waals surface area contributed by atoms with Crippen molar-refractivity contribution in [2.75, 3.05) is 24.6 Å². The molecule has 3 heteroatoms. The fourth-order valence-electron chi connectivity index (χ4n) is 1.95. The molecule has 2 nitrogen and oxygen atoms in total. The summed E-state index contributed by atoms with van der Waals surface area (Å²) in [5.74, 6) is 2.54. The normalized spacial score (nSPS) is 24.0. The highest BCUT2D eigenvalue weighted by Crippen LogP contribution is 2.07. The molecule has 0 radical (unpaired) electrons. The van der Waals surface area contributed by atoms with Crippen molar-refractivity contribution in [3.8, 4) is 0 Å². The molecule has 1 aliphatic rings. The summed E-state index contributed by atoms with van der Waals surface area (Å²) in [5.41, 5.74) is 0. The predicted octanol–water partition coefficient (Wildman–Crippen LogP) is 2.25. The van der Waals surface area contributed by atoms with Crippen LogP contribution in [0.2, 0.25) is 0 Å². The van der Waals surface area contributed by atoms with Crippen molar-refractivity contribution < 1.29 is 0 Å². The van der Waals surface area contributed by atoms with E-state index >= 15 is 0 Å². The Hall–Kier alpha value is 0.270. The lowest BCUT2D eigenvalue weighted by Gasteiger charge is -2.25. The fraction of sp³-hybridized carbons (Fsp3) is 1.00. The average Bonchev–Trinajstić information content (AvgIpc) is 2.28. The van der Waals surface area contributed by atoms with E-state index < -0.39 is 0 Å². The maximum atomic E-state index is 3.64. The number of rotatable bonds is 7. The molecule has 90 valence electrons. The van der Waals surface area contributed by atoms with Gasteiger partial charge in [0, 0.05) is 18.6 Å². The molecule has 0 aliphatic carbocycles. The van der Waals surface area contributed by atoms with Crippen LogP contribution < -0.4 is 10.6 Å². The van der Waals surface area contributed by atoms with Crippen LogP contribution in [0, 0.1) is 0 Å². The number of thioether (sulfide) groups is 1. The highest BCUT2D eigenvalue weighted by molar-refractivity contribution is 7.99. The van der Waals surface area contributed by atoms with Crippen LogP contribution >= 0.6 is 11.8 Å². The van der Waals surface area contributed by atoms with Gasteiger partial charge in [-0.3, -0.25) is 0 Å². The molecule has 1 heterocycles. The van der Waals surface area contributed by atoms with Gasteiger partial charge in [-0.2, -0.15) is 11.8 Å². The van der Waals surface area contributed by atoms with Crippen molar-refractivity contribution in [1.82, 2.24) is 10.6 Å². The third-order valence-corrected chi connectivity index (χ3v) is 3.96. The number of piperidine rings is 1. The highest BCUT2D eigenvalue weighted by atomic mass is 32.2. The fourth-order valence-corrected chi connectivity index (χ4v) is 2.76. The minimum Gasteiger partial charge on any atom is -0.313 e. The summed E-state index contributed by atoms with van der Waals surface area (Å²) >= 11 is 2.04. The van der Waals surface area contributed by atoms with Gasteiger partial charge < -0.3 is 10.6 Å². The van der Waals surface area contributed by atoms with E-state index in [4.69, 9.17) is 0 Å². The van der Waals surface area contributed by atoms with Gasteiger partial charge in [0.1, 0.15) is 0 Å². The lowest BCUT2D eigenvalue weighted by Crippen LogP contribution is -2.44. The second-order valence-electron chi connectivity index (χ2n) is 4.44. The van der Waals surface area contributed by atoms with Gasteiger partial charge in [0.15, 0.2) is 0 Å². The van der Waals surface area contributed by atoms with Crippen LogP contribution in [0.1, 0.15) is 39.5 Å². The molecule has 0 amide bonds. The van der Waals surface area contributed by atoms with Crippen molar-refractivity contribution in [2.45, 2.75) is 51.6 Å². The van der Waals surface area contributed by atoms with Gasteiger partial charge in [0.05, 0.1) is 0 Å². The maximum Gasteiger partial charge on any atom is 0.0192 e. The van der Waals surface area contributed by atoms with Gasteiger partial charge in [-0.25, -0.2) is 0 Å². The number of hydrogen-bond donors (Lipinski definition) is 2. The monoisotopic (exact) mass is 230 g/mol. The van der Waals surface area contributed by atoms with Crippen LogP contribution in [0.3, 0.4) is 0 Å². The topological polar surface area (TPSA) is 24.1 Å². The molecular formula is C12H26N2S. The molecule has 0 aromatic heterocycles. The molecular weight excluding hydrogens is 204 g/mol. The van der Waals surface area contributed by atoms with Gasteiger partial charge in [-0.15, -0.1) is 0 Å². The Labute approximate surface area is 99.0 Å². The Morgan fingerprint density at radius 2 is 2.33 bits per heavy atom. The van der Waals surface area contributed by atoms with Crippen molar-refractivity contribution in [3.05, 3.63) is 0 Å². The van der Waals surface area contributed by atoms with Crippen molar-refractivity contribution in [2.24, 2.45) is 0 Å². The van der Waals surface area contributed by atoms with Crippen LogP contribution in [-0.2, 0) is 0 Å². The first-order valence-electron chi connectivity index (χ1n) is 6.37. The molecule has 2 atom stereocenters. The molecule has 0 saturated carbocycles. The molecule has 1 fully saturated rings. The molecule has 2 N–H and O–H groups in total. The third kappa shape index (κ3) is 6.44. The Morgan fingerprint density at radius 3 is 3.00 bits per heavy atom. The minimum absolute atomic E-state index is 0.674. The average molecular weight is 230 g/mol. The summed E-state index contributed by atoms with van der Waals surface area (Å²) in [6, 6.07) is 1.40. The summed E-state index contributed by atoms with van der Waals surface area (Å²) in [4.78, 5) is 0. The third-order valence-electron chi connectivity index (χ3n) is 3.02. The standard InChI is InChI=1S/C12H26N2S/c1-3-15-9-7-11(2)14-10-12-6-4-5-8-13-12/h11-14H,3-10H2,1-2H3. The quantitative estimate of drug-likeness (QED) is 0.656. The largest absolute Gasteiger partial charge is 0.313 e. The Bertz CT molecular complexity index is 147. The van der Waals surface area contributed by atoms with Crippen LogP contribution in [0.4, 0.5) is 0 Å². The van der Waals surface area contributed by atoms with Gasteiger partial charge in [-0.1, -0.05) is 13.3 Å². The van der Waals surface area contributed by atoms with Crippen LogP contribution in [-0.4, -0.2) is 36.7 Å². The molecule has 2 unspecified atom stereocenters. The Balaban J connectivity index is 1.97. The summed E-state index contributed by atoms with van der Waals surface area (Å²) < 4.78 is 0. The van der Waals surface area contributed by atoms with Gasteiger partial charge in [0.25, 0.3) is 0 Å². The molecule has 1 rings (SSSR count). The van der Waals surface area contributed by atoms with Gasteiger partial charge in [0.2, 0.25) is 0 Å². The Morgan fingerprint density at radius 1 is 1.47 bits per heavy atom. The Kier molecular flexibility index (Phi) is 7.49. The zero-order chi connectivity index (χ0) is 10.9. The summed E-state index contributed by atoms with van der Waals surface area (Å²) in [5, 5.41) is 7.21. The van der Waals surface area contributed by atoms with E-state index in [0.29, 0.717) is 6.04 Å². The summed E-state index contributed by atoms with van der Waals surface area (Å²) in [7, 11) is 0. The smallest absolute Gasteiger partial charge is 0.0192 e. The molecule has 0 bridgehead atoms. The zero-order valence-corrected chi connectivity index (χ0v) is 11.0. The molecule has 0 spiro atoms. The van der Waals surface area contributed by atoms with Gasteiger partial charge >= 0.3 is 0 Å². The second-order valence-corrected chi connectivity index (χ2v) is 5.84. The van der Waals surface area contributed by atoms with E-state index in [-0.39, 0.29) is 0 Å². The zero-order valence-electron chi connectivity index (χ0n) is 10.2.